The van der Waals surface area contributed by atoms with E-state index in [4.69, 9.17) is 0 Å². The van der Waals surface area contributed by atoms with Gasteiger partial charge in [-0.2, -0.15) is 0 Å². The van der Waals surface area contributed by atoms with E-state index in [0.717, 1.165) is 24.1 Å². The number of benzene rings is 3. The first kappa shape index (κ1) is 27.3. The highest BCUT2D eigenvalue weighted by molar-refractivity contribution is 5.17. The molecule has 33 heavy (non-hydrogen) atoms. The molecule has 0 aliphatic heterocycles. The molecule has 0 aliphatic rings. The van der Waals surface area contributed by atoms with E-state index in [0.29, 0.717) is 0 Å². The molecule has 3 rings (SSSR count). The first-order chi connectivity index (χ1) is 15.8. The van der Waals surface area contributed by atoms with Crippen molar-refractivity contribution in [3.05, 3.63) is 108 Å². The Bertz CT molecular complexity index is 746. The van der Waals surface area contributed by atoms with Crippen molar-refractivity contribution >= 4 is 0 Å². The minimum atomic E-state index is 0. The van der Waals surface area contributed by atoms with Crippen LogP contribution >= 0.6 is 0 Å². The summed E-state index contributed by atoms with van der Waals surface area (Å²) in [6.45, 7) is 6.78. The van der Waals surface area contributed by atoms with Gasteiger partial charge in [-0.3, -0.25) is 0 Å². The summed E-state index contributed by atoms with van der Waals surface area (Å²) >= 11 is 0. The van der Waals surface area contributed by atoms with Crippen LogP contribution in [0.1, 0.15) is 75.0 Å². The number of quaternary nitrogens is 1. The minimum absolute atomic E-state index is 0. The summed E-state index contributed by atoms with van der Waals surface area (Å²) in [5.74, 6) is 0. The second-order valence-electron chi connectivity index (χ2n) is 9.47. The Labute approximate surface area is 213 Å². The van der Waals surface area contributed by atoms with Crippen molar-refractivity contribution in [1.82, 2.24) is 0 Å². The first-order valence-electron chi connectivity index (χ1n) is 12.8. The Kier molecular flexibility index (Phi) is 13.1. The van der Waals surface area contributed by atoms with Crippen LogP contribution in [-0.4, -0.2) is 11.0 Å². The Morgan fingerprint density at radius 1 is 0.455 bits per heavy atom. The lowest BCUT2D eigenvalue weighted by Crippen LogP contribution is -3.00. The van der Waals surface area contributed by atoms with Crippen LogP contribution in [0, 0.1) is 0 Å². The van der Waals surface area contributed by atoms with E-state index in [1.807, 2.05) is 0 Å². The van der Waals surface area contributed by atoms with Gasteiger partial charge in [0, 0.05) is 16.7 Å². The lowest BCUT2D eigenvalue weighted by molar-refractivity contribution is -0.966. The van der Waals surface area contributed by atoms with Gasteiger partial charge in [-0.1, -0.05) is 136 Å². The first-order valence-corrected chi connectivity index (χ1v) is 12.8. The van der Waals surface area contributed by atoms with E-state index in [-0.39, 0.29) is 17.0 Å². The van der Waals surface area contributed by atoms with Crippen molar-refractivity contribution in [2.45, 2.75) is 77.9 Å². The third kappa shape index (κ3) is 10.3. The Morgan fingerprint density at radius 3 is 1.15 bits per heavy atom. The molecule has 0 atom stereocenters. The lowest BCUT2D eigenvalue weighted by atomic mass is 10.0. The zero-order valence-electron chi connectivity index (χ0n) is 20.5. The number of rotatable bonds is 15. The molecule has 3 aromatic carbocycles. The zero-order valence-corrected chi connectivity index (χ0v) is 22.1. The van der Waals surface area contributed by atoms with Gasteiger partial charge in [0.1, 0.15) is 19.6 Å². The maximum Gasteiger partial charge on any atom is 0.105 e. The van der Waals surface area contributed by atoms with E-state index in [1.165, 1.54) is 74.6 Å². The fourth-order valence-corrected chi connectivity index (χ4v) is 4.90. The molecule has 0 aromatic heterocycles. The van der Waals surface area contributed by atoms with Gasteiger partial charge >= 0.3 is 0 Å². The summed E-state index contributed by atoms with van der Waals surface area (Å²) in [4.78, 5) is 0. The molecule has 178 valence electrons. The Balaban J connectivity index is 0.00000385. The van der Waals surface area contributed by atoms with Crippen LogP contribution in [0.4, 0.5) is 0 Å². The Morgan fingerprint density at radius 2 is 0.788 bits per heavy atom. The highest BCUT2D eigenvalue weighted by Gasteiger charge is 2.28. The van der Waals surface area contributed by atoms with Crippen LogP contribution in [-0.2, 0) is 19.6 Å². The van der Waals surface area contributed by atoms with Crippen LogP contribution in [0.5, 0.6) is 0 Å². The number of unbranched alkanes of at least 4 members (excludes halogenated alkanes) is 7. The van der Waals surface area contributed by atoms with Gasteiger partial charge in [0.15, 0.2) is 0 Å². The molecule has 0 fully saturated rings. The maximum atomic E-state index is 2.30. The summed E-state index contributed by atoms with van der Waals surface area (Å²) in [5, 5.41) is 0. The van der Waals surface area contributed by atoms with Crippen LogP contribution < -0.4 is 17.0 Å². The molecule has 0 radical (unpaired) electrons. The molecule has 0 saturated heterocycles. The average Bonchev–Trinajstić information content (AvgIpc) is 2.83. The molecule has 0 heterocycles. The van der Waals surface area contributed by atoms with Gasteiger partial charge in [0.05, 0.1) is 6.54 Å². The van der Waals surface area contributed by atoms with Gasteiger partial charge in [0.25, 0.3) is 0 Å². The van der Waals surface area contributed by atoms with Crippen molar-refractivity contribution < 1.29 is 21.5 Å². The predicted molar refractivity (Wildman–Crippen MR) is 138 cm³/mol. The number of hydrogen-bond acceptors (Lipinski definition) is 0. The Hall–Kier alpha value is -1.90. The van der Waals surface area contributed by atoms with Gasteiger partial charge in [-0.15, -0.1) is 0 Å². The fraction of sp³-hybridized carbons (Fsp3) is 0.419. The van der Waals surface area contributed by atoms with Gasteiger partial charge in [-0.05, 0) is 12.8 Å². The van der Waals surface area contributed by atoms with E-state index in [1.54, 1.807) is 0 Å². The molecule has 0 aliphatic carbocycles. The smallest absolute Gasteiger partial charge is 0.105 e. The van der Waals surface area contributed by atoms with Crippen LogP contribution in [0.25, 0.3) is 0 Å². The minimum Gasteiger partial charge on any atom is -1.00 e. The van der Waals surface area contributed by atoms with Crippen LogP contribution in [0.15, 0.2) is 91.0 Å². The summed E-state index contributed by atoms with van der Waals surface area (Å²) in [7, 11) is 0. The van der Waals surface area contributed by atoms with Gasteiger partial charge in [0.2, 0.25) is 0 Å². The molecule has 0 unspecified atom stereocenters. The highest BCUT2D eigenvalue weighted by atomic mass is 79.9. The fourth-order valence-electron chi connectivity index (χ4n) is 4.90. The summed E-state index contributed by atoms with van der Waals surface area (Å²) < 4.78 is 1.09. The SMILES string of the molecule is CCCCCCCCCC[N+](Cc1ccccc1)(Cc1ccccc1)Cc1ccccc1.[Br-]. The summed E-state index contributed by atoms with van der Waals surface area (Å²) in [6.07, 6.45) is 11.0. The molecule has 2 heteroatoms. The van der Waals surface area contributed by atoms with Crippen LogP contribution in [0.2, 0.25) is 0 Å². The third-order valence-electron chi connectivity index (χ3n) is 6.57. The summed E-state index contributed by atoms with van der Waals surface area (Å²) in [6, 6.07) is 33.3. The molecular weight excluding hydrogens is 466 g/mol. The number of hydrogen-bond donors (Lipinski definition) is 0. The van der Waals surface area contributed by atoms with Crippen molar-refractivity contribution in [1.29, 1.82) is 0 Å². The quantitative estimate of drug-likeness (QED) is 0.187. The largest absolute Gasteiger partial charge is 1.00 e. The number of nitrogens with zero attached hydrogens (tertiary/aromatic N) is 1. The predicted octanol–water partition coefficient (Wildman–Crippen LogP) is 5.55. The molecule has 0 N–H and O–H groups in total. The normalized spacial score (nSPS) is 11.2. The second-order valence-corrected chi connectivity index (χ2v) is 9.47. The molecule has 0 saturated carbocycles. The summed E-state index contributed by atoms with van der Waals surface area (Å²) in [5.41, 5.74) is 4.33. The van der Waals surface area contributed by atoms with Gasteiger partial charge < -0.3 is 21.5 Å². The van der Waals surface area contributed by atoms with Crippen LogP contribution in [0.3, 0.4) is 0 Å². The number of halogens is 1. The van der Waals surface area contributed by atoms with Crippen molar-refractivity contribution in [2.75, 3.05) is 6.54 Å². The molecule has 1 nitrogen and oxygen atoms in total. The standard InChI is InChI=1S/C31H42N.BrH/c1-2-3-4-5-6-7-8-18-25-32(26-29-19-12-9-13-20-29,27-30-21-14-10-15-22-30)28-31-23-16-11-17-24-31;/h9-17,19-24H,2-8,18,25-28H2,1H3;1H/q+1;/p-1. The second kappa shape index (κ2) is 15.9. The van der Waals surface area contributed by atoms with E-state index < -0.39 is 0 Å². The maximum absolute atomic E-state index is 2.30. The zero-order chi connectivity index (χ0) is 22.3. The molecular formula is C31H42BrN. The van der Waals surface area contributed by atoms with E-state index >= 15 is 0 Å². The molecule has 0 spiro atoms. The topological polar surface area (TPSA) is 0 Å². The third-order valence-corrected chi connectivity index (χ3v) is 6.57. The highest BCUT2D eigenvalue weighted by Crippen LogP contribution is 2.26. The van der Waals surface area contributed by atoms with Crippen molar-refractivity contribution in [3.63, 3.8) is 0 Å². The van der Waals surface area contributed by atoms with Gasteiger partial charge in [-0.25, -0.2) is 0 Å². The molecule has 0 amide bonds. The molecule has 3 aromatic rings. The lowest BCUT2D eigenvalue weighted by Gasteiger charge is -2.39. The molecule has 0 bridgehead atoms. The van der Waals surface area contributed by atoms with Crippen molar-refractivity contribution in [2.24, 2.45) is 0 Å². The van der Waals surface area contributed by atoms with Crippen molar-refractivity contribution in [3.8, 4) is 0 Å². The van der Waals surface area contributed by atoms with E-state index in [2.05, 4.69) is 97.9 Å². The van der Waals surface area contributed by atoms with E-state index in [9.17, 15) is 0 Å². The average molecular weight is 509 g/mol. The monoisotopic (exact) mass is 507 g/mol.